The molecule has 0 unspecified atom stereocenters. The van der Waals surface area contributed by atoms with Crippen molar-refractivity contribution < 1.29 is 23.9 Å². The number of carbonyl (C=O) groups excluding carboxylic acids is 1. The summed E-state index contributed by atoms with van der Waals surface area (Å²) in [5, 5.41) is 9.87. The largest absolute Gasteiger partial charge is 0.550 e. The summed E-state index contributed by atoms with van der Waals surface area (Å²) in [6.07, 6.45) is 6.70. The highest BCUT2D eigenvalue weighted by atomic mass is 16.5. The Morgan fingerprint density at radius 3 is 2.29 bits per heavy atom. The molecule has 0 aliphatic rings. The zero-order valence-electron chi connectivity index (χ0n) is 13.1. The van der Waals surface area contributed by atoms with Crippen molar-refractivity contribution in [3.05, 3.63) is 30.6 Å². The van der Waals surface area contributed by atoms with E-state index in [0.29, 0.717) is 19.8 Å². The van der Waals surface area contributed by atoms with Crippen molar-refractivity contribution in [2.45, 2.75) is 39.7 Å². The molecule has 0 aliphatic heterocycles. The minimum Gasteiger partial charge on any atom is -0.550 e. The second-order valence-corrected chi connectivity index (χ2v) is 4.40. The van der Waals surface area contributed by atoms with Crippen LogP contribution in [0.2, 0.25) is 0 Å². The van der Waals surface area contributed by atoms with Gasteiger partial charge in [0.05, 0.1) is 19.8 Å². The number of hydrogen-bond donors (Lipinski definition) is 0. The van der Waals surface area contributed by atoms with Gasteiger partial charge >= 0.3 is 0 Å². The molecule has 5 nitrogen and oxygen atoms in total. The van der Waals surface area contributed by atoms with Gasteiger partial charge in [-0.15, -0.1) is 0 Å². The molecule has 0 bridgehead atoms. The molecule has 0 N–H and O–H groups in total. The Bertz CT molecular complexity index is 343. The SMILES string of the molecule is CCCC[n+]1ccccc1.CCOCCOCCC(=O)[O-]. The second-order valence-electron chi connectivity index (χ2n) is 4.40. The number of pyridine rings is 1. The molecule has 120 valence electrons. The van der Waals surface area contributed by atoms with Crippen LogP contribution in [-0.4, -0.2) is 32.4 Å². The summed E-state index contributed by atoms with van der Waals surface area (Å²) in [5.41, 5.74) is 0. The van der Waals surface area contributed by atoms with Crippen molar-refractivity contribution in [3.8, 4) is 0 Å². The van der Waals surface area contributed by atoms with Crippen molar-refractivity contribution in [1.29, 1.82) is 0 Å². The Balaban J connectivity index is 0.000000382. The van der Waals surface area contributed by atoms with Crippen molar-refractivity contribution in [2.75, 3.05) is 26.4 Å². The zero-order valence-corrected chi connectivity index (χ0v) is 13.1. The number of aliphatic carboxylic acids is 1. The van der Waals surface area contributed by atoms with Crippen molar-refractivity contribution in [1.82, 2.24) is 0 Å². The fraction of sp³-hybridized carbons (Fsp3) is 0.625. The lowest BCUT2D eigenvalue weighted by Crippen LogP contribution is -2.31. The van der Waals surface area contributed by atoms with Crippen LogP contribution in [-0.2, 0) is 20.8 Å². The van der Waals surface area contributed by atoms with Gasteiger partial charge < -0.3 is 19.4 Å². The first-order valence-electron chi connectivity index (χ1n) is 7.50. The Morgan fingerprint density at radius 2 is 1.71 bits per heavy atom. The Hall–Kier alpha value is -1.46. The maximum absolute atomic E-state index is 9.87. The maximum atomic E-state index is 9.87. The minimum atomic E-state index is -1.08. The molecule has 1 heterocycles. The van der Waals surface area contributed by atoms with E-state index in [1.807, 2.05) is 13.0 Å². The van der Waals surface area contributed by atoms with Gasteiger partial charge in [0.2, 0.25) is 0 Å². The third-order valence-electron chi connectivity index (χ3n) is 2.57. The highest BCUT2D eigenvalue weighted by Gasteiger charge is 1.93. The van der Waals surface area contributed by atoms with E-state index < -0.39 is 5.97 Å². The molecule has 0 radical (unpaired) electrons. The molecular formula is C16H27NO4. The molecule has 0 amide bonds. The minimum absolute atomic E-state index is 0.0495. The van der Waals surface area contributed by atoms with E-state index in [-0.39, 0.29) is 13.0 Å². The van der Waals surface area contributed by atoms with Gasteiger partial charge in [0, 0.05) is 37.6 Å². The van der Waals surface area contributed by atoms with Gasteiger partial charge in [-0.3, -0.25) is 0 Å². The lowest BCUT2D eigenvalue weighted by molar-refractivity contribution is -0.697. The number of hydrogen-bond acceptors (Lipinski definition) is 4. The highest BCUT2D eigenvalue weighted by Crippen LogP contribution is 1.85. The second kappa shape index (κ2) is 14.9. The zero-order chi connectivity index (χ0) is 15.8. The van der Waals surface area contributed by atoms with Crippen LogP contribution in [0.25, 0.3) is 0 Å². The summed E-state index contributed by atoms with van der Waals surface area (Å²) in [4.78, 5) is 9.87. The number of carboxylic acid groups (broad SMARTS) is 1. The Labute approximate surface area is 127 Å². The number of aromatic nitrogens is 1. The van der Waals surface area contributed by atoms with Gasteiger partial charge in [0.1, 0.15) is 6.54 Å². The quantitative estimate of drug-likeness (QED) is 0.476. The molecular weight excluding hydrogens is 270 g/mol. The van der Waals surface area contributed by atoms with Gasteiger partial charge in [-0.1, -0.05) is 19.4 Å². The molecule has 0 spiro atoms. The van der Waals surface area contributed by atoms with Gasteiger partial charge in [0.15, 0.2) is 12.4 Å². The summed E-state index contributed by atoms with van der Waals surface area (Å²) >= 11 is 0. The summed E-state index contributed by atoms with van der Waals surface area (Å²) in [7, 11) is 0. The Morgan fingerprint density at radius 1 is 1.05 bits per heavy atom. The standard InChI is InChI=1S/C9H14N.C7H14O4/c1-2-3-7-10-8-5-4-6-9-10;1-2-10-5-6-11-4-3-7(8)9/h4-6,8-9H,2-3,7H2,1H3;2-6H2,1H3,(H,8,9)/q+1;/p-1. The van der Waals surface area contributed by atoms with E-state index in [9.17, 15) is 9.90 Å². The molecule has 0 fully saturated rings. The average molecular weight is 297 g/mol. The lowest BCUT2D eigenvalue weighted by Gasteiger charge is -2.04. The summed E-state index contributed by atoms with van der Waals surface area (Å²) in [6, 6.07) is 6.17. The number of ether oxygens (including phenoxy) is 2. The first-order chi connectivity index (χ1) is 10.2. The smallest absolute Gasteiger partial charge is 0.168 e. The van der Waals surface area contributed by atoms with Crippen LogP contribution in [0.4, 0.5) is 0 Å². The third kappa shape index (κ3) is 14.8. The molecule has 0 aromatic carbocycles. The highest BCUT2D eigenvalue weighted by molar-refractivity contribution is 5.64. The molecule has 0 saturated carbocycles. The number of aryl methyl sites for hydroxylation is 1. The summed E-state index contributed by atoms with van der Waals surface area (Å²) in [6.45, 7) is 7.08. The number of rotatable bonds is 10. The van der Waals surface area contributed by atoms with Gasteiger partial charge in [-0.25, -0.2) is 4.57 Å². The molecule has 5 heteroatoms. The predicted molar refractivity (Wildman–Crippen MR) is 78.5 cm³/mol. The van der Waals surface area contributed by atoms with Crippen LogP contribution >= 0.6 is 0 Å². The van der Waals surface area contributed by atoms with E-state index in [4.69, 9.17) is 9.47 Å². The van der Waals surface area contributed by atoms with E-state index in [1.54, 1.807) is 0 Å². The molecule has 0 aliphatic carbocycles. The van der Waals surface area contributed by atoms with E-state index in [1.165, 1.54) is 12.8 Å². The predicted octanol–water partition coefficient (Wildman–Crippen LogP) is 0.954. The average Bonchev–Trinajstić information content (AvgIpc) is 2.50. The molecule has 0 atom stereocenters. The van der Waals surface area contributed by atoms with Gasteiger partial charge in [0.25, 0.3) is 0 Å². The number of nitrogens with zero attached hydrogens (tertiary/aromatic N) is 1. The van der Waals surface area contributed by atoms with Crippen LogP contribution < -0.4 is 9.67 Å². The Kier molecular flexibility index (Phi) is 13.9. The van der Waals surface area contributed by atoms with E-state index in [2.05, 4.69) is 36.0 Å². The fourth-order valence-electron chi connectivity index (χ4n) is 1.44. The monoisotopic (exact) mass is 297 g/mol. The first kappa shape index (κ1) is 19.5. The molecule has 1 aromatic heterocycles. The molecule has 1 rings (SSSR count). The number of unbranched alkanes of at least 4 members (excludes halogenated alkanes) is 1. The third-order valence-corrected chi connectivity index (χ3v) is 2.57. The van der Waals surface area contributed by atoms with Crippen LogP contribution in [0.15, 0.2) is 30.6 Å². The maximum Gasteiger partial charge on any atom is 0.168 e. The molecule has 1 aromatic rings. The van der Waals surface area contributed by atoms with Crippen LogP contribution in [0.1, 0.15) is 33.1 Å². The van der Waals surface area contributed by atoms with Crippen molar-refractivity contribution in [2.24, 2.45) is 0 Å². The van der Waals surface area contributed by atoms with E-state index in [0.717, 1.165) is 6.54 Å². The lowest BCUT2D eigenvalue weighted by atomic mass is 10.3. The molecule has 21 heavy (non-hydrogen) atoms. The van der Waals surface area contributed by atoms with Crippen LogP contribution in [0.3, 0.4) is 0 Å². The van der Waals surface area contributed by atoms with Crippen molar-refractivity contribution >= 4 is 5.97 Å². The number of carbonyl (C=O) groups is 1. The fourth-order valence-corrected chi connectivity index (χ4v) is 1.44. The molecule has 0 saturated heterocycles. The summed E-state index contributed by atoms with van der Waals surface area (Å²) in [5.74, 6) is -1.08. The topological polar surface area (TPSA) is 62.5 Å². The van der Waals surface area contributed by atoms with Gasteiger partial charge in [-0.2, -0.15) is 0 Å². The van der Waals surface area contributed by atoms with Crippen LogP contribution in [0, 0.1) is 0 Å². The summed E-state index contributed by atoms with van der Waals surface area (Å²) < 4.78 is 12.1. The normalized spacial score (nSPS) is 9.81. The number of carboxylic acids is 1. The van der Waals surface area contributed by atoms with E-state index >= 15 is 0 Å². The van der Waals surface area contributed by atoms with Gasteiger partial charge in [-0.05, 0) is 6.92 Å². The first-order valence-corrected chi connectivity index (χ1v) is 7.50. The van der Waals surface area contributed by atoms with Crippen LogP contribution in [0.5, 0.6) is 0 Å². The van der Waals surface area contributed by atoms with Crippen molar-refractivity contribution in [3.63, 3.8) is 0 Å².